The minimum absolute atomic E-state index is 0.0505. The summed E-state index contributed by atoms with van der Waals surface area (Å²) in [7, 11) is 3.46. The summed E-state index contributed by atoms with van der Waals surface area (Å²) in [5.41, 5.74) is 7.29. The fourth-order valence-corrected chi connectivity index (χ4v) is 9.34. The summed E-state index contributed by atoms with van der Waals surface area (Å²) in [5.74, 6) is 1.46. The van der Waals surface area contributed by atoms with Gasteiger partial charge in [-0.15, -0.1) is 22.7 Å². The summed E-state index contributed by atoms with van der Waals surface area (Å²) in [4.78, 5) is 29.3. The highest BCUT2D eigenvalue weighted by Gasteiger charge is 2.22. The second-order valence-corrected chi connectivity index (χ2v) is 13.8. The Labute approximate surface area is 261 Å². The monoisotopic (exact) mass is 618 g/mol. The van der Waals surface area contributed by atoms with Gasteiger partial charge in [0.25, 0.3) is 0 Å². The van der Waals surface area contributed by atoms with E-state index >= 15 is 0 Å². The second kappa shape index (κ2) is 13.5. The fourth-order valence-electron chi connectivity index (χ4n) is 4.79. The van der Waals surface area contributed by atoms with Crippen LogP contribution in [0.25, 0.3) is 20.9 Å². The van der Waals surface area contributed by atoms with Crippen molar-refractivity contribution in [1.29, 1.82) is 0 Å². The lowest BCUT2D eigenvalue weighted by molar-refractivity contribution is 0.103. The van der Waals surface area contributed by atoms with E-state index in [9.17, 15) is 9.59 Å². The van der Waals surface area contributed by atoms with Crippen LogP contribution in [0.2, 0.25) is 0 Å². The minimum atomic E-state index is 0.0505. The normalized spacial score (nSPS) is 11.0. The average Bonchev–Trinajstić information content (AvgIpc) is 3.68. The van der Waals surface area contributed by atoms with Crippen molar-refractivity contribution in [2.24, 2.45) is 0 Å². The lowest BCUT2D eigenvalue weighted by Crippen LogP contribution is -2.03. The van der Waals surface area contributed by atoms with Crippen LogP contribution < -0.4 is 0 Å². The van der Waals surface area contributed by atoms with Gasteiger partial charge in [-0.3, -0.25) is 9.59 Å². The van der Waals surface area contributed by atoms with E-state index in [1.54, 1.807) is 44.3 Å². The summed E-state index contributed by atoms with van der Waals surface area (Å²) in [6, 6.07) is 39.5. The van der Waals surface area contributed by atoms with E-state index in [0.29, 0.717) is 22.6 Å². The van der Waals surface area contributed by atoms with Crippen LogP contribution in [0, 0.1) is 0 Å². The topological polar surface area (TPSA) is 34.1 Å². The third-order valence-corrected chi connectivity index (χ3v) is 11.2. The Kier molecular flexibility index (Phi) is 9.16. The van der Waals surface area contributed by atoms with Gasteiger partial charge < -0.3 is 0 Å². The van der Waals surface area contributed by atoms with E-state index in [0.717, 1.165) is 43.1 Å². The molecule has 0 N–H and O–H groups in total. The summed E-state index contributed by atoms with van der Waals surface area (Å²) >= 11 is 3.25. The first-order valence-electron chi connectivity index (χ1n) is 13.5. The standard InChI is InChI=1S/C36H26O2S4/c37-33(25-13-5-1-6-14-25)29-21-39-35(27-17-9-3-10-18-27)31(29)23-41-42-24-32-30(34(38)26-15-7-2-8-16-26)22-40-36(32)28-19-11-4-12-20-28/h1-22H,23-24H2. The van der Waals surface area contributed by atoms with Crippen LogP contribution in [0.5, 0.6) is 0 Å². The first kappa shape index (κ1) is 28.4. The molecule has 2 nitrogen and oxygen atoms in total. The molecule has 2 aromatic heterocycles. The SMILES string of the molecule is O=C(c1ccccc1)c1csc(-c2ccccc2)c1CSSCc1c(C(=O)c2ccccc2)csc1-c1ccccc1. The zero-order valence-corrected chi connectivity index (χ0v) is 25.8. The van der Waals surface area contributed by atoms with Crippen molar-refractivity contribution >= 4 is 55.8 Å². The number of hydrogen-bond donors (Lipinski definition) is 0. The van der Waals surface area contributed by atoms with E-state index in [-0.39, 0.29) is 11.6 Å². The van der Waals surface area contributed by atoms with Gasteiger partial charge in [0.1, 0.15) is 0 Å². The molecule has 0 spiro atoms. The molecule has 0 aliphatic rings. The quantitative estimate of drug-likeness (QED) is 0.0822. The molecule has 4 aromatic carbocycles. The molecule has 0 aliphatic carbocycles. The molecule has 0 aliphatic heterocycles. The van der Waals surface area contributed by atoms with Crippen LogP contribution in [0.4, 0.5) is 0 Å². The van der Waals surface area contributed by atoms with E-state index < -0.39 is 0 Å². The van der Waals surface area contributed by atoms with Crippen molar-refractivity contribution in [1.82, 2.24) is 0 Å². The highest BCUT2D eigenvalue weighted by Crippen LogP contribution is 2.42. The molecule has 6 aromatic rings. The number of benzene rings is 4. The molecular formula is C36H26O2S4. The Balaban J connectivity index is 1.27. The second-order valence-electron chi connectivity index (χ2n) is 9.56. The Hall–Kier alpha value is -3.68. The van der Waals surface area contributed by atoms with Gasteiger partial charge >= 0.3 is 0 Å². The molecule has 6 rings (SSSR count). The largest absolute Gasteiger partial charge is 0.289 e. The third kappa shape index (κ3) is 6.22. The van der Waals surface area contributed by atoms with Crippen LogP contribution in [-0.4, -0.2) is 11.6 Å². The summed E-state index contributed by atoms with van der Waals surface area (Å²) in [6.45, 7) is 0. The first-order valence-corrected chi connectivity index (χ1v) is 17.7. The summed E-state index contributed by atoms with van der Waals surface area (Å²) in [5, 5.41) is 4.00. The highest BCUT2D eigenvalue weighted by atomic mass is 33.1. The molecule has 42 heavy (non-hydrogen) atoms. The first-order chi connectivity index (χ1) is 20.7. The zero-order valence-electron chi connectivity index (χ0n) is 22.6. The van der Waals surface area contributed by atoms with Crippen molar-refractivity contribution in [3.63, 3.8) is 0 Å². The Morgan fingerprint density at radius 2 is 0.810 bits per heavy atom. The van der Waals surface area contributed by atoms with Crippen LogP contribution in [0.1, 0.15) is 43.0 Å². The van der Waals surface area contributed by atoms with Gasteiger partial charge in [0.2, 0.25) is 0 Å². The zero-order chi connectivity index (χ0) is 28.7. The minimum Gasteiger partial charge on any atom is -0.289 e. The van der Waals surface area contributed by atoms with Crippen molar-refractivity contribution in [2.45, 2.75) is 11.5 Å². The molecule has 6 heteroatoms. The number of rotatable bonds is 11. The molecule has 0 radical (unpaired) electrons. The van der Waals surface area contributed by atoms with Gasteiger partial charge in [0.05, 0.1) is 0 Å². The molecule has 206 valence electrons. The van der Waals surface area contributed by atoms with Crippen LogP contribution in [0.15, 0.2) is 132 Å². The highest BCUT2D eigenvalue weighted by molar-refractivity contribution is 8.76. The van der Waals surface area contributed by atoms with Gasteiger partial charge in [0, 0.05) is 54.3 Å². The number of carbonyl (C=O) groups excluding carboxylic acids is 2. The molecule has 0 bridgehead atoms. The van der Waals surface area contributed by atoms with Gasteiger partial charge in [0.15, 0.2) is 11.6 Å². The number of hydrogen-bond acceptors (Lipinski definition) is 6. The predicted molar refractivity (Wildman–Crippen MR) is 182 cm³/mol. The maximum atomic E-state index is 13.5. The smallest absolute Gasteiger partial charge is 0.194 e. The number of thiophene rings is 2. The van der Waals surface area contributed by atoms with Gasteiger partial charge in [-0.2, -0.15) is 0 Å². The fraction of sp³-hybridized carbons (Fsp3) is 0.0556. The van der Waals surface area contributed by atoms with Crippen LogP contribution >= 0.6 is 44.3 Å². The molecule has 2 heterocycles. The molecule has 0 saturated carbocycles. The Morgan fingerprint density at radius 3 is 1.17 bits per heavy atom. The van der Waals surface area contributed by atoms with E-state index in [2.05, 4.69) is 24.3 Å². The maximum Gasteiger partial charge on any atom is 0.194 e. The van der Waals surface area contributed by atoms with Gasteiger partial charge in [-0.1, -0.05) is 143 Å². The maximum absolute atomic E-state index is 13.5. The van der Waals surface area contributed by atoms with E-state index in [4.69, 9.17) is 0 Å². The molecule has 0 amide bonds. The Bertz CT molecular complexity index is 1660. The summed E-state index contributed by atoms with van der Waals surface area (Å²) in [6.07, 6.45) is 0. The summed E-state index contributed by atoms with van der Waals surface area (Å²) < 4.78 is 0. The number of ketones is 2. The third-order valence-electron chi connectivity index (χ3n) is 6.91. The van der Waals surface area contributed by atoms with E-state index in [1.807, 2.05) is 108 Å². The molecule has 0 saturated heterocycles. The van der Waals surface area contributed by atoms with Crippen molar-refractivity contribution in [3.8, 4) is 20.9 Å². The molecular weight excluding hydrogens is 593 g/mol. The average molecular weight is 619 g/mol. The van der Waals surface area contributed by atoms with Gasteiger partial charge in [-0.05, 0) is 22.3 Å². The van der Waals surface area contributed by atoms with Gasteiger partial charge in [-0.25, -0.2) is 0 Å². The van der Waals surface area contributed by atoms with Crippen LogP contribution in [-0.2, 0) is 11.5 Å². The van der Waals surface area contributed by atoms with Crippen LogP contribution in [0.3, 0.4) is 0 Å². The Morgan fingerprint density at radius 1 is 0.476 bits per heavy atom. The van der Waals surface area contributed by atoms with Crippen molar-refractivity contribution in [3.05, 3.63) is 165 Å². The van der Waals surface area contributed by atoms with Crippen molar-refractivity contribution in [2.75, 3.05) is 0 Å². The lowest BCUT2D eigenvalue weighted by Gasteiger charge is -2.10. The van der Waals surface area contributed by atoms with Crippen molar-refractivity contribution < 1.29 is 9.59 Å². The lowest BCUT2D eigenvalue weighted by atomic mass is 10.00. The van der Waals surface area contributed by atoms with E-state index in [1.165, 1.54) is 0 Å². The molecule has 0 fully saturated rings. The molecule has 0 unspecified atom stereocenters. The number of carbonyl (C=O) groups is 2. The predicted octanol–water partition coefficient (Wildman–Crippen LogP) is 10.7. The molecule has 0 atom stereocenters.